The number of hydrogen-bond donors (Lipinski definition) is 6. The molecule has 2 heterocycles. The van der Waals surface area contributed by atoms with E-state index in [2.05, 4.69) is 0 Å². The zero-order valence-electron chi connectivity index (χ0n) is 12.1. The average Bonchev–Trinajstić information content (AvgIpc) is 2.49. The van der Waals surface area contributed by atoms with Gasteiger partial charge < -0.3 is 40.1 Å². The quantitative estimate of drug-likeness (QED) is 0.315. The van der Waals surface area contributed by atoms with Gasteiger partial charge in [0.1, 0.15) is 47.5 Å². The summed E-state index contributed by atoms with van der Waals surface area (Å²) in [5.41, 5.74) is -1.65. The molecule has 0 amide bonds. The van der Waals surface area contributed by atoms with Crippen LogP contribution in [-0.4, -0.2) is 90.3 Å². The molecule has 0 spiro atoms. The van der Waals surface area contributed by atoms with Crippen LogP contribution in [0, 0.1) is 0 Å². The molecule has 0 radical (unpaired) electrons. The van der Waals surface area contributed by atoms with Crippen LogP contribution in [0.2, 0.25) is 0 Å². The fourth-order valence-electron chi connectivity index (χ4n) is 2.30. The van der Waals surface area contributed by atoms with Crippen molar-refractivity contribution in [1.29, 1.82) is 0 Å². The van der Waals surface area contributed by atoms with Crippen LogP contribution in [0.4, 0.5) is 0 Å². The molecule has 22 heavy (non-hydrogen) atoms. The first kappa shape index (κ1) is 18.7. The van der Waals surface area contributed by atoms with E-state index in [0.717, 1.165) is 21.6 Å². The van der Waals surface area contributed by atoms with Gasteiger partial charge in [-0.05, 0) is 13.8 Å². The molecule has 2 fully saturated rings. The zero-order valence-corrected chi connectivity index (χ0v) is 13.7. The molecule has 2 saturated heterocycles. The topological polar surface area (TPSA) is 140 Å². The highest BCUT2D eigenvalue weighted by Gasteiger charge is 2.45. The molecule has 0 aliphatic carbocycles. The summed E-state index contributed by atoms with van der Waals surface area (Å²) in [5.74, 6) is 0. The van der Waals surface area contributed by atoms with Gasteiger partial charge in [0, 0.05) is 0 Å². The van der Waals surface area contributed by atoms with Crippen LogP contribution < -0.4 is 0 Å². The Kier molecular flexibility index (Phi) is 6.39. The summed E-state index contributed by atoms with van der Waals surface area (Å²) >= 11 is 0. The largest absolute Gasteiger partial charge is 0.388 e. The van der Waals surface area contributed by atoms with Gasteiger partial charge in [0.25, 0.3) is 0 Å². The van der Waals surface area contributed by atoms with E-state index >= 15 is 0 Å². The maximum atomic E-state index is 9.91. The molecular weight excluding hydrogens is 336 g/mol. The lowest BCUT2D eigenvalue weighted by atomic mass is 10.0. The Balaban J connectivity index is 1.92. The summed E-state index contributed by atoms with van der Waals surface area (Å²) in [7, 11) is 2.05. The van der Waals surface area contributed by atoms with E-state index in [1.165, 1.54) is 0 Å². The van der Waals surface area contributed by atoms with E-state index in [1.807, 2.05) is 0 Å². The fraction of sp³-hybridized carbons (Fsp3) is 1.00. The standard InChI is InChI=1S/C12H22O8S2/c1-3-5(13)7(15)9(17)11(19-3)21-22-12-10(18)8(16)6(14)4(2)20-12/h3-18H,1-2H3/t3-,4-,5-,6-,7+,8+,9+,10+,11-,12-/m0/s1. The molecule has 2 rings (SSSR count). The second kappa shape index (κ2) is 7.51. The second-order valence-corrected chi connectivity index (χ2v) is 8.02. The number of aliphatic hydroxyl groups is 6. The van der Waals surface area contributed by atoms with Gasteiger partial charge in [-0.1, -0.05) is 21.6 Å². The molecule has 0 aromatic rings. The highest BCUT2D eigenvalue weighted by molar-refractivity contribution is 8.77. The summed E-state index contributed by atoms with van der Waals surface area (Å²) in [6, 6.07) is 0. The van der Waals surface area contributed by atoms with Crippen molar-refractivity contribution < 1.29 is 40.1 Å². The molecule has 130 valence electrons. The summed E-state index contributed by atoms with van der Waals surface area (Å²) in [6.07, 6.45) is -8.90. The molecule has 2 aliphatic rings. The zero-order chi connectivity index (χ0) is 16.6. The molecule has 0 unspecified atom stereocenters. The highest BCUT2D eigenvalue weighted by Crippen LogP contribution is 2.41. The first-order valence-electron chi connectivity index (χ1n) is 6.95. The van der Waals surface area contributed by atoms with Crippen molar-refractivity contribution in [2.75, 3.05) is 0 Å². The summed E-state index contributed by atoms with van der Waals surface area (Å²) in [4.78, 5) is 0. The third kappa shape index (κ3) is 3.72. The van der Waals surface area contributed by atoms with Gasteiger partial charge in [-0.2, -0.15) is 0 Å². The molecule has 2 aliphatic heterocycles. The minimum atomic E-state index is -1.33. The molecule has 0 aromatic heterocycles. The first-order valence-corrected chi connectivity index (χ1v) is 9.23. The third-order valence-corrected chi connectivity index (χ3v) is 6.60. The van der Waals surface area contributed by atoms with Crippen molar-refractivity contribution >= 4 is 21.6 Å². The van der Waals surface area contributed by atoms with Crippen molar-refractivity contribution in [3.63, 3.8) is 0 Å². The van der Waals surface area contributed by atoms with Crippen LogP contribution >= 0.6 is 21.6 Å². The molecule has 6 N–H and O–H groups in total. The van der Waals surface area contributed by atoms with E-state index in [-0.39, 0.29) is 0 Å². The van der Waals surface area contributed by atoms with Gasteiger partial charge in [-0.25, -0.2) is 0 Å². The van der Waals surface area contributed by atoms with Gasteiger partial charge in [0.15, 0.2) is 0 Å². The lowest BCUT2D eigenvalue weighted by Crippen LogP contribution is -2.56. The highest BCUT2D eigenvalue weighted by atomic mass is 33.1. The smallest absolute Gasteiger partial charge is 0.142 e. The maximum absolute atomic E-state index is 9.91. The molecule has 0 saturated carbocycles. The fourth-order valence-corrected chi connectivity index (χ4v) is 5.12. The SMILES string of the molecule is C[C@@H]1O[C@@H](SS[C@@H]2O[C@@H](C)[C@H](O)[C@@H](O)[C@H]2O)[C@H](O)[C@H](O)[C@H]1O. The van der Waals surface area contributed by atoms with E-state index in [1.54, 1.807) is 13.8 Å². The minimum absolute atomic E-state index is 0.653. The second-order valence-electron chi connectivity index (χ2n) is 5.56. The van der Waals surface area contributed by atoms with Gasteiger partial charge in [-0.15, -0.1) is 0 Å². The first-order chi connectivity index (χ1) is 10.2. The molecule has 10 heteroatoms. The van der Waals surface area contributed by atoms with Crippen molar-refractivity contribution in [2.24, 2.45) is 0 Å². The molecule has 0 aromatic carbocycles. The van der Waals surface area contributed by atoms with Crippen molar-refractivity contribution in [1.82, 2.24) is 0 Å². The average molecular weight is 358 g/mol. The third-order valence-electron chi connectivity index (χ3n) is 3.86. The van der Waals surface area contributed by atoms with Crippen molar-refractivity contribution in [3.05, 3.63) is 0 Å². The summed E-state index contributed by atoms with van der Waals surface area (Å²) < 4.78 is 10.8. The molecule has 8 nitrogen and oxygen atoms in total. The molecular formula is C12H22O8S2. The van der Waals surface area contributed by atoms with E-state index in [9.17, 15) is 30.6 Å². The predicted molar refractivity (Wildman–Crippen MR) is 79.9 cm³/mol. The Labute approximate surface area is 135 Å². The predicted octanol–water partition coefficient (Wildman–Crippen LogP) is -1.98. The Hall–Kier alpha value is 0.380. The van der Waals surface area contributed by atoms with Crippen molar-refractivity contribution in [2.45, 2.75) is 73.6 Å². The minimum Gasteiger partial charge on any atom is -0.388 e. The monoisotopic (exact) mass is 358 g/mol. The number of ether oxygens (including phenoxy) is 2. The van der Waals surface area contributed by atoms with Gasteiger partial charge in [0.05, 0.1) is 12.2 Å². The normalized spacial score (nSPS) is 53.5. The summed E-state index contributed by atoms with van der Waals surface area (Å²) in [5, 5.41) is 58.5. The maximum Gasteiger partial charge on any atom is 0.142 e. The van der Waals surface area contributed by atoms with Crippen LogP contribution in [0.3, 0.4) is 0 Å². The lowest BCUT2D eigenvalue weighted by Gasteiger charge is -2.41. The Bertz CT molecular complexity index is 341. The summed E-state index contributed by atoms with van der Waals surface area (Å²) in [6.45, 7) is 3.15. The van der Waals surface area contributed by atoms with E-state index in [4.69, 9.17) is 9.47 Å². The Morgan fingerprint density at radius 2 is 0.864 bits per heavy atom. The van der Waals surface area contributed by atoms with Crippen LogP contribution in [0.1, 0.15) is 13.8 Å². The van der Waals surface area contributed by atoms with Crippen LogP contribution in [-0.2, 0) is 9.47 Å². The van der Waals surface area contributed by atoms with Crippen LogP contribution in [0.15, 0.2) is 0 Å². The van der Waals surface area contributed by atoms with E-state index < -0.39 is 59.7 Å². The van der Waals surface area contributed by atoms with Gasteiger partial charge >= 0.3 is 0 Å². The lowest BCUT2D eigenvalue weighted by molar-refractivity contribution is -0.193. The number of rotatable bonds is 3. The van der Waals surface area contributed by atoms with Crippen molar-refractivity contribution in [3.8, 4) is 0 Å². The van der Waals surface area contributed by atoms with Gasteiger partial charge in [0.2, 0.25) is 0 Å². The molecule has 10 atom stereocenters. The Morgan fingerprint density at radius 3 is 1.18 bits per heavy atom. The Morgan fingerprint density at radius 1 is 0.545 bits per heavy atom. The number of aliphatic hydroxyl groups excluding tert-OH is 6. The number of hydrogen-bond acceptors (Lipinski definition) is 10. The van der Waals surface area contributed by atoms with Gasteiger partial charge in [-0.3, -0.25) is 0 Å². The molecule has 0 bridgehead atoms. The van der Waals surface area contributed by atoms with Crippen LogP contribution in [0.5, 0.6) is 0 Å². The van der Waals surface area contributed by atoms with Crippen LogP contribution in [0.25, 0.3) is 0 Å². The van der Waals surface area contributed by atoms with E-state index in [0.29, 0.717) is 0 Å².